The number of carbonyl (C=O) groups excluding carboxylic acids is 2. The zero-order chi connectivity index (χ0) is 19.0. The van der Waals surface area contributed by atoms with E-state index in [0.29, 0.717) is 26.2 Å². The summed E-state index contributed by atoms with van der Waals surface area (Å²) in [5.74, 6) is -0.290. The highest BCUT2D eigenvalue weighted by Crippen LogP contribution is 2.24. The van der Waals surface area contributed by atoms with Gasteiger partial charge in [-0.15, -0.1) is 24.2 Å². The Morgan fingerprint density at radius 3 is 2.26 bits per heavy atom. The second-order valence-electron chi connectivity index (χ2n) is 6.58. The van der Waals surface area contributed by atoms with Gasteiger partial charge in [0, 0.05) is 45.8 Å². The molecule has 0 aromatic rings. The van der Waals surface area contributed by atoms with Gasteiger partial charge in [0.05, 0.1) is 11.5 Å². The largest absolute Gasteiger partial charge is 0.405 e. The Labute approximate surface area is 168 Å². The van der Waals surface area contributed by atoms with Crippen molar-refractivity contribution in [2.24, 2.45) is 0 Å². The number of piperazine rings is 1. The lowest BCUT2D eigenvalue weighted by Crippen LogP contribution is -2.57. The first-order chi connectivity index (χ1) is 12.4. The zero-order valence-electron chi connectivity index (χ0n) is 15.2. The number of likely N-dealkylation sites (tertiary alicyclic amines) is 1. The van der Waals surface area contributed by atoms with E-state index in [1.54, 1.807) is 4.90 Å². The summed E-state index contributed by atoms with van der Waals surface area (Å²) >= 11 is 1.15. The lowest BCUT2D eigenvalue weighted by Gasteiger charge is -2.35. The Bertz CT molecular complexity index is 473. The molecule has 6 nitrogen and oxygen atoms in total. The maximum atomic E-state index is 13.2. The molecule has 0 bridgehead atoms. The second-order valence-corrected chi connectivity index (χ2v) is 7.57. The molecule has 158 valence electrons. The Morgan fingerprint density at radius 1 is 1.04 bits per heavy atom. The third kappa shape index (κ3) is 8.45. The SMILES string of the molecule is Cl.O=C(CSCC(=O)N1CCCCC1)NCC(N1CCNCC1)C(F)(F)F. The first kappa shape index (κ1) is 24.3. The highest BCUT2D eigenvalue weighted by molar-refractivity contribution is 8.00. The summed E-state index contributed by atoms with van der Waals surface area (Å²) in [5.41, 5.74) is 0. The topological polar surface area (TPSA) is 64.7 Å². The number of carbonyl (C=O) groups is 2. The minimum Gasteiger partial charge on any atom is -0.353 e. The van der Waals surface area contributed by atoms with E-state index in [-0.39, 0.29) is 29.8 Å². The molecule has 0 aromatic heterocycles. The smallest absolute Gasteiger partial charge is 0.353 e. The minimum atomic E-state index is -4.39. The van der Waals surface area contributed by atoms with Crippen LogP contribution in [0.2, 0.25) is 0 Å². The van der Waals surface area contributed by atoms with Crippen molar-refractivity contribution in [3.05, 3.63) is 0 Å². The van der Waals surface area contributed by atoms with Gasteiger partial charge in [-0.25, -0.2) is 0 Å². The Hall–Kier alpha value is -0.710. The van der Waals surface area contributed by atoms with Crippen LogP contribution < -0.4 is 10.6 Å². The van der Waals surface area contributed by atoms with E-state index in [1.165, 1.54) is 4.90 Å². The molecule has 0 radical (unpaired) electrons. The van der Waals surface area contributed by atoms with Crippen molar-refractivity contribution in [2.45, 2.75) is 31.5 Å². The first-order valence-corrected chi connectivity index (χ1v) is 10.2. The molecule has 2 N–H and O–H groups in total. The number of rotatable bonds is 7. The van der Waals surface area contributed by atoms with Crippen LogP contribution in [0.25, 0.3) is 0 Å². The molecule has 0 spiro atoms. The van der Waals surface area contributed by atoms with E-state index in [0.717, 1.165) is 44.1 Å². The van der Waals surface area contributed by atoms with Crippen molar-refractivity contribution in [3.63, 3.8) is 0 Å². The molecule has 2 aliphatic rings. The molecule has 0 aromatic carbocycles. The van der Waals surface area contributed by atoms with Crippen LogP contribution in [0, 0.1) is 0 Å². The molecule has 2 aliphatic heterocycles. The summed E-state index contributed by atoms with van der Waals surface area (Å²) in [5, 5.41) is 5.39. The number of piperidine rings is 1. The van der Waals surface area contributed by atoms with Crippen LogP contribution in [0.3, 0.4) is 0 Å². The normalized spacial score (nSPS) is 19.9. The fourth-order valence-corrected chi connectivity index (χ4v) is 3.92. The number of halogens is 4. The Kier molecular flexibility index (Phi) is 10.8. The van der Waals surface area contributed by atoms with Gasteiger partial charge in [0.25, 0.3) is 0 Å². The predicted octanol–water partition coefficient (Wildman–Crippen LogP) is 1.11. The van der Waals surface area contributed by atoms with E-state index < -0.39 is 24.7 Å². The lowest BCUT2D eigenvalue weighted by molar-refractivity contribution is -0.183. The fourth-order valence-electron chi connectivity index (χ4n) is 3.17. The summed E-state index contributed by atoms with van der Waals surface area (Å²) < 4.78 is 39.7. The van der Waals surface area contributed by atoms with E-state index in [9.17, 15) is 22.8 Å². The molecule has 2 amide bonds. The Balaban J connectivity index is 0.00000364. The molecule has 2 saturated heterocycles. The first-order valence-electron chi connectivity index (χ1n) is 9.01. The van der Waals surface area contributed by atoms with Gasteiger partial charge in [-0.3, -0.25) is 14.5 Å². The molecule has 2 fully saturated rings. The number of nitrogens with zero attached hydrogens (tertiary/aromatic N) is 2. The molecule has 1 unspecified atom stereocenters. The van der Waals surface area contributed by atoms with Crippen molar-refractivity contribution < 1.29 is 22.8 Å². The van der Waals surface area contributed by atoms with E-state index >= 15 is 0 Å². The fraction of sp³-hybridized carbons (Fsp3) is 0.875. The molecule has 0 aliphatic carbocycles. The molecule has 2 heterocycles. The molecule has 1 atom stereocenters. The predicted molar refractivity (Wildman–Crippen MR) is 102 cm³/mol. The highest BCUT2D eigenvalue weighted by atomic mass is 35.5. The monoisotopic (exact) mass is 432 g/mol. The van der Waals surface area contributed by atoms with Gasteiger partial charge in [0.2, 0.25) is 11.8 Å². The molecule has 2 rings (SSSR count). The van der Waals surface area contributed by atoms with Crippen LogP contribution in [0.15, 0.2) is 0 Å². The van der Waals surface area contributed by atoms with Crippen LogP contribution in [0.1, 0.15) is 19.3 Å². The summed E-state index contributed by atoms with van der Waals surface area (Å²) in [7, 11) is 0. The number of hydrogen-bond acceptors (Lipinski definition) is 5. The van der Waals surface area contributed by atoms with E-state index in [4.69, 9.17) is 0 Å². The van der Waals surface area contributed by atoms with Crippen LogP contribution in [-0.4, -0.2) is 91.2 Å². The third-order valence-electron chi connectivity index (χ3n) is 4.63. The third-order valence-corrected chi connectivity index (χ3v) is 5.55. The molecule has 27 heavy (non-hydrogen) atoms. The number of nitrogens with one attached hydrogen (secondary N) is 2. The van der Waals surface area contributed by atoms with Crippen molar-refractivity contribution in [1.29, 1.82) is 0 Å². The molecular weight excluding hydrogens is 405 g/mol. The van der Waals surface area contributed by atoms with E-state index in [1.807, 2.05) is 0 Å². The van der Waals surface area contributed by atoms with Gasteiger partial charge >= 0.3 is 6.18 Å². The number of hydrogen-bond donors (Lipinski definition) is 2. The summed E-state index contributed by atoms with van der Waals surface area (Å²) in [6, 6.07) is -1.67. The summed E-state index contributed by atoms with van der Waals surface area (Å²) in [6.07, 6.45) is -1.25. The van der Waals surface area contributed by atoms with E-state index in [2.05, 4.69) is 10.6 Å². The van der Waals surface area contributed by atoms with Crippen molar-refractivity contribution >= 4 is 36.0 Å². The van der Waals surface area contributed by atoms with Gasteiger partial charge in [0.1, 0.15) is 6.04 Å². The molecular formula is C16H28ClF3N4O2S. The van der Waals surface area contributed by atoms with Gasteiger partial charge in [-0.2, -0.15) is 13.2 Å². The number of thioether (sulfide) groups is 1. The van der Waals surface area contributed by atoms with Gasteiger partial charge < -0.3 is 15.5 Å². The van der Waals surface area contributed by atoms with Crippen LogP contribution in [-0.2, 0) is 9.59 Å². The van der Waals surface area contributed by atoms with Crippen molar-refractivity contribution in [3.8, 4) is 0 Å². The summed E-state index contributed by atoms with van der Waals surface area (Å²) in [6.45, 7) is 2.68. The second kappa shape index (κ2) is 12.0. The lowest BCUT2D eigenvalue weighted by atomic mass is 10.1. The number of amides is 2. The Morgan fingerprint density at radius 2 is 1.67 bits per heavy atom. The summed E-state index contributed by atoms with van der Waals surface area (Å²) in [4.78, 5) is 27.0. The van der Waals surface area contributed by atoms with Gasteiger partial charge in [0.15, 0.2) is 0 Å². The average molecular weight is 433 g/mol. The maximum absolute atomic E-state index is 13.2. The average Bonchev–Trinajstić information content (AvgIpc) is 2.62. The van der Waals surface area contributed by atoms with Crippen LogP contribution >= 0.6 is 24.2 Å². The standard InChI is InChI=1S/C16H27F3N4O2S.ClH/c17-16(18,19)13(22-8-4-20-5-9-22)10-21-14(24)11-26-12-15(25)23-6-2-1-3-7-23;/h13,20H,1-12H2,(H,21,24);1H. The van der Waals surface area contributed by atoms with Crippen molar-refractivity contribution in [2.75, 3.05) is 57.3 Å². The van der Waals surface area contributed by atoms with Crippen molar-refractivity contribution in [1.82, 2.24) is 20.4 Å². The maximum Gasteiger partial charge on any atom is 0.405 e. The zero-order valence-corrected chi connectivity index (χ0v) is 16.9. The van der Waals surface area contributed by atoms with Gasteiger partial charge in [-0.1, -0.05) is 0 Å². The quantitative estimate of drug-likeness (QED) is 0.631. The van der Waals surface area contributed by atoms with Crippen LogP contribution in [0.4, 0.5) is 13.2 Å². The molecule has 11 heteroatoms. The molecule has 0 saturated carbocycles. The highest BCUT2D eigenvalue weighted by Gasteiger charge is 2.43. The van der Waals surface area contributed by atoms with Gasteiger partial charge in [-0.05, 0) is 19.3 Å². The minimum absolute atomic E-state index is 0. The number of alkyl halides is 3. The van der Waals surface area contributed by atoms with Crippen LogP contribution in [0.5, 0.6) is 0 Å².